The van der Waals surface area contributed by atoms with Crippen LogP contribution >= 0.6 is 12.4 Å². The monoisotopic (exact) mass is 334 g/mol. The van der Waals surface area contributed by atoms with E-state index in [0.29, 0.717) is 24.3 Å². The van der Waals surface area contributed by atoms with Gasteiger partial charge < -0.3 is 10.6 Å². The number of rotatable bonds is 2. The zero-order valence-corrected chi connectivity index (χ0v) is 13.3. The van der Waals surface area contributed by atoms with Crippen LogP contribution in [0.1, 0.15) is 15.9 Å². The first-order chi connectivity index (χ1) is 9.29. The number of piperazine rings is 1. The predicted octanol–water partition coefficient (Wildman–Crippen LogP) is -0.0397. The van der Waals surface area contributed by atoms with Crippen LogP contribution in [-0.2, 0) is 10.2 Å². The van der Waals surface area contributed by atoms with E-state index in [-0.39, 0.29) is 31.4 Å². The molecule has 1 fully saturated rings. The molecule has 0 saturated carbocycles. The van der Waals surface area contributed by atoms with Crippen molar-refractivity contribution in [2.24, 2.45) is 5.14 Å². The summed E-state index contributed by atoms with van der Waals surface area (Å²) in [6, 6.07) is 5.18. The fourth-order valence-corrected chi connectivity index (χ4v) is 2.86. The summed E-state index contributed by atoms with van der Waals surface area (Å²) in [5.74, 6) is -0.135. The molecule has 0 bridgehead atoms. The number of hydrogen-bond acceptors (Lipinski definition) is 4. The van der Waals surface area contributed by atoms with Crippen molar-refractivity contribution in [3.8, 4) is 0 Å². The molecule has 1 aromatic carbocycles. The highest BCUT2D eigenvalue weighted by Crippen LogP contribution is 2.16. The number of halogens is 1. The van der Waals surface area contributed by atoms with E-state index >= 15 is 0 Å². The van der Waals surface area contributed by atoms with Crippen LogP contribution in [-0.4, -0.2) is 49.7 Å². The zero-order valence-electron chi connectivity index (χ0n) is 11.7. The Kier molecular flexibility index (Phi) is 5.57. The van der Waals surface area contributed by atoms with E-state index < -0.39 is 10.2 Å². The number of anilines is 1. The van der Waals surface area contributed by atoms with Gasteiger partial charge in [0.15, 0.2) is 0 Å². The number of hydrogen-bond donors (Lipinski definition) is 2. The summed E-state index contributed by atoms with van der Waals surface area (Å²) in [7, 11) is -3.68. The van der Waals surface area contributed by atoms with E-state index in [1.807, 2.05) is 6.92 Å². The maximum Gasteiger partial charge on any atom is 0.277 e. The van der Waals surface area contributed by atoms with Crippen LogP contribution in [0.25, 0.3) is 0 Å². The van der Waals surface area contributed by atoms with Gasteiger partial charge in [0.2, 0.25) is 0 Å². The highest BCUT2D eigenvalue weighted by atomic mass is 35.5. The molecule has 1 amide bonds. The molecular weight excluding hydrogens is 316 g/mol. The van der Waals surface area contributed by atoms with Gasteiger partial charge in [0, 0.05) is 37.4 Å². The molecule has 1 heterocycles. The minimum Gasteiger partial charge on any atom is -0.399 e. The van der Waals surface area contributed by atoms with Crippen LogP contribution in [0, 0.1) is 6.92 Å². The van der Waals surface area contributed by atoms with Crippen LogP contribution in [0.3, 0.4) is 0 Å². The van der Waals surface area contributed by atoms with Gasteiger partial charge in [0.1, 0.15) is 0 Å². The Balaban J connectivity index is 0.00000220. The largest absolute Gasteiger partial charge is 0.399 e. The van der Waals surface area contributed by atoms with Crippen LogP contribution < -0.4 is 10.9 Å². The SMILES string of the molecule is Cc1ccc(N)cc1C(=O)N1CCN(S(N)(=O)=O)CC1.Cl. The van der Waals surface area contributed by atoms with E-state index in [1.165, 1.54) is 4.31 Å². The van der Waals surface area contributed by atoms with Gasteiger partial charge in [0.05, 0.1) is 0 Å². The lowest BCUT2D eigenvalue weighted by Crippen LogP contribution is -2.52. The molecule has 7 nitrogen and oxygen atoms in total. The molecule has 21 heavy (non-hydrogen) atoms. The van der Waals surface area contributed by atoms with E-state index in [0.717, 1.165) is 5.56 Å². The molecule has 118 valence electrons. The minimum absolute atomic E-state index is 0. The van der Waals surface area contributed by atoms with Crippen LogP contribution in [0.2, 0.25) is 0 Å². The van der Waals surface area contributed by atoms with Crippen molar-refractivity contribution in [1.29, 1.82) is 0 Å². The first kappa shape index (κ1) is 17.7. The molecule has 1 aromatic rings. The summed E-state index contributed by atoms with van der Waals surface area (Å²) in [5.41, 5.74) is 7.62. The van der Waals surface area contributed by atoms with Gasteiger partial charge in [0.25, 0.3) is 16.1 Å². The highest BCUT2D eigenvalue weighted by molar-refractivity contribution is 7.86. The van der Waals surface area contributed by atoms with Crippen molar-refractivity contribution in [1.82, 2.24) is 9.21 Å². The first-order valence-electron chi connectivity index (χ1n) is 6.22. The third-order valence-electron chi connectivity index (χ3n) is 3.38. The van der Waals surface area contributed by atoms with Gasteiger partial charge in [-0.3, -0.25) is 4.79 Å². The summed E-state index contributed by atoms with van der Waals surface area (Å²) >= 11 is 0. The van der Waals surface area contributed by atoms with E-state index in [2.05, 4.69) is 0 Å². The zero-order chi connectivity index (χ0) is 14.9. The lowest BCUT2D eigenvalue weighted by molar-refractivity contribution is 0.0697. The summed E-state index contributed by atoms with van der Waals surface area (Å²) in [4.78, 5) is 14.0. The lowest BCUT2D eigenvalue weighted by atomic mass is 10.1. The summed E-state index contributed by atoms with van der Waals surface area (Å²) in [5, 5.41) is 5.07. The smallest absolute Gasteiger partial charge is 0.277 e. The predicted molar refractivity (Wildman–Crippen MR) is 83.4 cm³/mol. The van der Waals surface area contributed by atoms with Crippen LogP contribution in [0.5, 0.6) is 0 Å². The second-order valence-electron chi connectivity index (χ2n) is 4.81. The average Bonchev–Trinajstić information content (AvgIpc) is 2.40. The molecule has 1 aliphatic heterocycles. The maximum absolute atomic E-state index is 12.4. The standard InChI is InChI=1S/C12H18N4O3S.ClH/c1-9-2-3-10(13)8-11(9)12(17)15-4-6-16(7-5-15)20(14,18)19;/h2-3,8H,4-7,13H2,1H3,(H2,14,18,19);1H. The molecule has 2 rings (SSSR count). The topological polar surface area (TPSA) is 110 Å². The molecule has 0 unspecified atom stereocenters. The Morgan fingerprint density at radius 1 is 1.19 bits per heavy atom. The maximum atomic E-state index is 12.4. The Morgan fingerprint density at radius 2 is 1.76 bits per heavy atom. The number of benzene rings is 1. The molecule has 0 aliphatic carbocycles. The van der Waals surface area contributed by atoms with Gasteiger partial charge in [-0.2, -0.15) is 12.7 Å². The summed E-state index contributed by atoms with van der Waals surface area (Å²) in [6.07, 6.45) is 0. The minimum atomic E-state index is -3.68. The van der Waals surface area contributed by atoms with Crippen molar-refractivity contribution in [3.63, 3.8) is 0 Å². The van der Waals surface area contributed by atoms with E-state index in [4.69, 9.17) is 10.9 Å². The van der Waals surface area contributed by atoms with Gasteiger partial charge in [-0.05, 0) is 24.6 Å². The average molecular weight is 335 g/mol. The van der Waals surface area contributed by atoms with Gasteiger partial charge >= 0.3 is 0 Å². The normalized spacial score (nSPS) is 16.4. The molecular formula is C12H19ClN4O3S. The fourth-order valence-electron chi connectivity index (χ4n) is 2.19. The van der Waals surface area contributed by atoms with Gasteiger partial charge in [-0.25, -0.2) is 5.14 Å². The van der Waals surface area contributed by atoms with Crippen LogP contribution in [0.4, 0.5) is 5.69 Å². The molecule has 0 spiro atoms. The number of nitrogens with two attached hydrogens (primary N) is 2. The second-order valence-corrected chi connectivity index (χ2v) is 6.36. The van der Waals surface area contributed by atoms with Crippen LogP contribution in [0.15, 0.2) is 18.2 Å². The van der Waals surface area contributed by atoms with E-state index in [1.54, 1.807) is 23.1 Å². The molecule has 0 atom stereocenters. The fraction of sp³-hybridized carbons (Fsp3) is 0.417. The number of nitrogen functional groups attached to an aromatic ring is 1. The van der Waals surface area contributed by atoms with Crippen molar-refractivity contribution >= 4 is 34.2 Å². The number of nitrogens with zero attached hydrogens (tertiary/aromatic N) is 2. The van der Waals surface area contributed by atoms with Crippen molar-refractivity contribution in [2.45, 2.75) is 6.92 Å². The molecule has 0 aromatic heterocycles. The third kappa shape index (κ3) is 4.07. The quantitative estimate of drug-likeness (QED) is 0.739. The van der Waals surface area contributed by atoms with Crippen molar-refractivity contribution in [2.75, 3.05) is 31.9 Å². The Morgan fingerprint density at radius 3 is 2.29 bits per heavy atom. The van der Waals surface area contributed by atoms with Gasteiger partial charge in [-0.15, -0.1) is 12.4 Å². The Hall–Kier alpha value is -1.35. The molecule has 4 N–H and O–H groups in total. The van der Waals surface area contributed by atoms with E-state index in [9.17, 15) is 13.2 Å². The molecule has 0 radical (unpaired) electrons. The van der Waals surface area contributed by atoms with Crippen molar-refractivity contribution < 1.29 is 13.2 Å². The first-order valence-corrected chi connectivity index (χ1v) is 7.72. The molecule has 1 aliphatic rings. The summed E-state index contributed by atoms with van der Waals surface area (Å²) < 4.78 is 23.6. The third-order valence-corrected chi connectivity index (χ3v) is 4.46. The number of aryl methyl sites for hydroxylation is 1. The molecule has 1 saturated heterocycles. The number of amides is 1. The lowest BCUT2D eigenvalue weighted by Gasteiger charge is -2.33. The van der Waals surface area contributed by atoms with Gasteiger partial charge in [-0.1, -0.05) is 6.07 Å². The summed E-state index contributed by atoms with van der Waals surface area (Å²) in [6.45, 7) is 2.91. The Labute approximate surface area is 130 Å². The molecule has 9 heteroatoms. The number of carbonyl (C=O) groups excluding carboxylic acids is 1. The second kappa shape index (κ2) is 6.61. The number of carbonyl (C=O) groups is 1. The van der Waals surface area contributed by atoms with Crippen molar-refractivity contribution in [3.05, 3.63) is 29.3 Å². The Bertz CT molecular complexity index is 627. The highest BCUT2D eigenvalue weighted by Gasteiger charge is 2.27.